The highest BCUT2D eigenvalue weighted by molar-refractivity contribution is 7.98. The maximum absolute atomic E-state index is 14.6. The fourth-order valence-electron chi connectivity index (χ4n) is 8.23. The van der Waals surface area contributed by atoms with E-state index in [2.05, 4.69) is 31.9 Å². The van der Waals surface area contributed by atoms with Crippen molar-refractivity contribution in [2.75, 3.05) is 25.1 Å². The van der Waals surface area contributed by atoms with E-state index in [1.165, 1.54) is 60.0 Å². The van der Waals surface area contributed by atoms with Crippen LogP contribution in [0.2, 0.25) is 0 Å². The molecule has 21 nitrogen and oxygen atoms in total. The lowest BCUT2D eigenvalue weighted by Crippen LogP contribution is -2.62. The minimum atomic E-state index is -1.68. The van der Waals surface area contributed by atoms with Gasteiger partial charge < -0.3 is 68.7 Å². The van der Waals surface area contributed by atoms with E-state index >= 15 is 0 Å². The standard InChI is InChI=1S/C50H77N9O12S/c1-28(2)24-35(52)43(63)53-36(20-23-72-6)44(64)57-40(27-32-14-18-34(62)19-15-32)49(69)59-22-9-11-41(59)47(67)58-42(30(5)60)48(68)56-39(26-31-12-16-33(61)17-13-31)46(66)55-38(25-29(3)4)45(65)54-37(50(70)71)10-7-8-21-51/h12-19,28-30,35-42,60-62H,7-11,20-27,51-52H2,1-6H3,(H,53,63)(H,54,65)(H,55,66)(H,56,68)(H,57,64)(H,58,67)(H,70,71)/t30-,35+,36+,37+,38-,39+,40-,41+,42+/m1/s1. The number of hydrogen-bond acceptors (Lipinski definition) is 14. The van der Waals surface area contributed by atoms with Gasteiger partial charge in [0.15, 0.2) is 0 Å². The van der Waals surface area contributed by atoms with Crippen LogP contribution in [0.15, 0.2) is 48.5 Å². The normalized spacial score (nSPS) is 16.8. The molecule has 14 N–H and O–H groups in total. The van der Waals surface area contributed by atoms with Crippen LogP contribution in [0.3, 0.4) is 0 Å². The van der Waals surface area contributed by atoms with Crippen molar-refractivity contribution in [3.05, 3.63) is 59.7 Å². The van der Waals surface area contributed by atoms with Gasteiger partial charge in [0.2, 0.25) is 41.4 Å². The lowest BCUT2D eigenvalue weighted by atomic mass is 10.00. The number of amides is 7. The molecule has 0 saturated carbocycles. The Labute approximate surface area is 426 Å². The summed E-state index contributed by atoms with van der Waals surface area (Å²) in [5.74, 6) is -6.13. The second-order valence-electron chi connectivity index (χ2n) is 19.2. The Morgan fingerprint density at radius 1 is 0.653 bits per heavy atom. The summed E-state index contributed by atoms with van der Waals surface area (Å²) in [6.07, 6.45) is 2.31. The Hall–Kier alpha value is -5.97. The zero-order chi connectivity index (χ0) is 53.7. The van der Waals surface area contributed by atoms with E-state index in [9.17, 15) is 58.8 Å². The van der Waals surface area contributed by atoms with Crippen molar-refractivity contribution in [3.8, 4) is 11.5 Å². The zero-order valence-corrected chi connectivity index (χ0v) is 43.0. The fraction of sp³-hybridized carbons (Fsp3) is 0.600. The van der Waals surface area contributed by atoms with Gasteiger partial charge in [-0.25, -0.2) is 4.79 Å². The van der Waals surface area contributed by atoms with E-state index < -0.39 is 102 Å². The summed E-state index contributed by atoms with van der Waals surface area (Å²) < 4.78 is 0. The van der Waals surface area contributed by atoms with E-state index in [0.29, 0.717) is 49.1 Å². The first-order valence-electron chi connectivity index (χ1n) is 24.6. The Morgan fingerprint density at radius 3 is 1.68 bits per heavy atom. The quantitative estimate of drug-likeness (QED) is 0.0476. The molecule has 7 amide bonds. The van der Waals surface area contributed by atoms with Crippen molar-refractivity contribution in [3.63, 3.8) is 0 Å². The van der Waals surface area contributed by atoms with E-state index in [-0.39, 0.29) is 68.4 Å². The van der Waals surface area contributed by atoms with Crippen molar-refractivity contribution in [2.24, 2.45) is 23.3 Å². The molecule has 9 atom stereocenters. The van der Waals surface area contributed by atoms with Crippen LogP contribution in [0, 0.1) is 11.8 Å². The maximum atomic E-state index is 14.6. The largest absolute Gasteiger partial charge is 0.508 e. The fourth-order valence-corrected chi connectivity index (χ4v) is 8.70. The summed E-state index contributed by atoms with van der Waals surface area (Å²) in [5.41, 5.74) is 12.7. The second kappa shape index (κ2) is 30.2. The molecule has 2 aromatic rings. The molecule has 0 spiro atoms. The van der Waals surface area contributed by atoms with Crippen LogP contribution in [0.25, 0.3) is 0 Å². The molecule has 0 bridgehead atoms. The molecule has 400 valence electrons. The Morgan fingerprint density at radius 2 is 1.15 bits per heavy atom. The minimum Gasteiger partial charge on any atom is -0.508 e. The number of thioether (sulfide) groups is 1. The number of nitrogens with two attached hydrogens (primary N) is 2. The summed E-state index contributed by atoms with van der Waals surface area (Å²) >= 11 is 1.46. The van der Waals surface area contributed by atoms with Gasteiger partial charge in [-0.15, -0.1) is 0 Å². The number of benzene rings is 2. The molecule has 0 aromatic heterocycles. The zero-order valence-electron chi connectivity index (χ0n) is 42.2. The maximum Gasteiger partial charge on any atom is 0.326 e. The molecule has 1 saturated heterocycles. The molecular formula is C50H77N9O12S. The van der Waals surface area contributed by atoms with Crippen LogP contribution in [0.1, 0.15) is 97.1 Å². The highest BCUT2D eigenvalue weighted by atomic mass is 32.2. The number of phenols is 2. The van der Waals surface area contributed by atoms with Gasteiger partial charge in [0.1, 0.15) is 53.8 Å². The number of unbranched alkanes of at least 4 members (excludes halogenated alkanes) is 1. The molecule has 72 heavy (non-hydrogen) atoms. The van der Waals surface area contributed by atoms with Crippen molar-refractivity contribution in [1.29, 1.82) is 0 Å². The molecule has 0 radical (unpaired) electrons. The van der Waals surface area contributed by atoms with Crippen molar-refractivity contribution in [1.82, 2.24) is 36.8 Å². The van der Waals surface area contributed by atoms with Gasteiger partial charge >= 0.3 is 5.97 Å². The number of carbonyl (C=O) groups excluding carboxylic acids is 7. The van der Waals surface area contributed by atoms with E-state index in [4.69, 9.17) is 11.5 Å². The lowest BCUT2D eigenvalue weighted by molar-refractivity contribution is -0.143. The van der Waals surface area contributed by atoms with Crippen LogP contribution in [0.5, 0.6) is 11.5 Å². The van der Waals surface area contributed by atoms with Crippen LogP contribution in [0.4, 0.5) is 0 Å². The van der Waals surface area contributed by atoms with Crippen LogP contribution >= 0.6 is 11.8 Å². The molecule has 1 fully saturated rings. The number of aliphatic hydroxyl groups is 1. The number of aliphatic carboxylic acids is 1. The average molecular weight is 1030 g/mol. The van der Waals surface area contributed by atoms with Gasteiger partial charge in [-0.2, -0.15) is 11.8 Å². The van der Waals surface area contributed by atoms with Gasteiger partial charge in [-0.05, 0) is 124 Å². The molecule has 1 aliphatic rings. The smallest absolute Gasteiger partial charge is 0.326 e. The first-order valence-corrected chi connectivity index (χ1v) is 26.0. The van der Waals surface area contributed by atoms with Crippen LogP contribution in [-0.4, -0.2) is 152 Å². The lowest BCUT2D eigenvalue weighted by Gasteiger charge is -2.31. The number of nitrogens with one attached hydrogen (secondary N) is 6. The molecular weight excluding hydrogens is 951 g/mol. The van der Waals surface area contributed by atoms with E-state index in [1.54, 1.807) is 26.0 Å². The van der Waals surface area contributed by atoms with Crippen LogP contribution in [-0.2, 0) is 51.2 Å². The van der Waals surface area contributed by atoms with Gasteiger partial charge in [-0.1, -0.05) is 52.0 Å². The number of phenolic OH excluding ortho intramolecular Hbond substituents is 2. The van der Waals surface area contributed by atoms with Gasteiger partial charge in [0.05, 0.1) is 12.1 Å². The number of likely N-dealkylation sites (tertiary alicyclic amines) is 1. The summed E-state index contributed by atoms with van der Waals surface area (Å²) in [4.78, 5) is 111. The third kappa shape index (κ3) is 19.9. The molecule has 22 heteroatoms. The van der Waals surface area contributed by atoms with Gasteiger partial charge in [0.25, 0.3) is 0 Å². The topological polar surface area (TPSA) is 345 Å². The molecule has 2 aromatic carbocycles. The monoisotopic (exact) mass is 1030 g/mol. The second-order valence-corrected chi connectivity index (χ2v) is 20.2. The van der Waals surface area contributed by atoms with Crippen molar-refractivity contribution >= 4 is 59.1 Å². The van der Waals surface area contributed by atoms with Gasteiger partial charge in [0, 0.05) is 19.4 Å². The Kier molecular flexibility index (Phi) is 25.3. The van der Waals surface area contributed by atoms with E-state index in [0.717, 1.165) is 0 Å². The number of rotatable bonds is 30. The molecule has 1 heterocycles. The first-order chi connectivity index (χ1) is 34.0. The molecule has 0 unspecified atom stereocenters. The molecule has 3 rings (SSSR count). The minimum absolute atomic E-state index is 0.0257. The number of hydrogen-bond donors (Lipinski definition) is 12. The number of aliphatic hydroxyl groups excluding tert-OH is 1. The third-order valence-corrected chi connectivity index (χ3v) is 12.8. The molecule has 1 aliphatic heterocycles. The predicted molar refractivity (Wildman–Crippen MR) is 272 cm³/mol. The Bertz CT molecular complexity index is 2110. The number of nitrogens with zero attached hydrogens (tertiary/aromatic N) is 1. The summed E-state index contributed by atoms with van der Waals surface area (Å²) in [6, 6.07) is 1.79. The number of aromatic hydroxyl groups is 2. The number of carboxylic acids is 1. The number of carbonyl (C=O) groups is 8. The first kappa shape index (κ1) is 60.3. The van der Waals surface area contributed by atoms with Gasteiger partial charge in [-0.3, -0.25) is 33.6 Å². The SMILES string of the molecule is CSCC[C@H](NC(=O)[C@@H](N)CC(C)C)C(=O)N[C@H](Cc1ccc(O)cc1)C(=O)N1CCC[C@H]1C(=O)N[C@H](C(=O)N[C@@H](Cc1ccc(O)cc1)C(=O)N[C@H](CC(C)C)C(=O)N[C@@H](CCCCN)C(=O)O)[C@@H](C)O. The van der Waals surface area contributed by atoms with Crippen molar-refractivity contribution < 1.29 is 58.8 Å². The Balaban J connectivity index is 1.90. The summed E-state index contributed by atoms with van der Waals surface area (Å²) in [6.45, 7) is 9.10. The average Bonchev–Trinajstić information content (AvgIpc) is 3.82. The van der Waals surface area contributed by atoms with Crippen molar-refractivity contribution in [2.45, 2.75) is 153 Å². The van der Waals surface area contributed by atoms with Crippen LogP contribution < -0.4 is 43.4 Å². The third-order valence-electron chi connectivity index (χ3n) is 12.1. The highest BCUT2D eigenvalue weighted by Crippen LogP contribution is 2.22. The predicted octanol–water partition coefficient (Wildman–Crippen LogP) is 0.550. The number of carboxylic acid groups (broad SMARTS) is 1. The molecule has 0 aliphatic carbocycles. The summed E-state index contributed by atoms with van der Waals surface area (Å²) in [5, 5.41) is 56.5. The summed E-state index contributed by atoms with van der Waals surface area (Å²) in [7, 11) is 0. The highest BCUT2D eigenvalue weighted by Gasteiger charge is 2.41. The van der Waals surface area contributed by atoms with E-state index in [1.807, 2.05) is 20.1 Å².